The Bertz CT molecular complexity index is 6590. The zero-order chi connectivity index (χ0) is 85.7. The third kappa shape index (κ3) is 17.1. The molecule has 0 radical (unpaired) electrons. The average Bonchev–Trinajstić information content (AvgIpc) is 1.58. The number of benzene rings is 5. The number of aromatic amines is 1. The van der Waals surface area contributed by atoms with Crippen molar-refractivity contribution in [3.8, 4) is 88.8 Å². The largest absolute Gasteiger partial charge is 0.586 e. The maximum absolute atomic E-state index is 14.1. The zero-order valence-corrected chi connectivity index (χ0v) is 73.0. The number of thiophene rings is 3. The summed E-state index contributed by atoms with van der Waals surface area (Å²) < 4.78 is 181. The molecule has 0 amide bonds. The number of alkyl halides is 6. The fourth-order valence-electron chi connectivity index (χ4n) is 15.9. The van der Waals surface area contributed by atoms with Gasteiger partial charge in [-0.05, 0) is 226 Å². The van der Waals surface area contributed by atoms with E-state index in [-0.39, 0.29) is 85.0 Å². The van der Waals surface area contributed by atoms with E-state index in [4.69, 9.17) is 23.5 Å². The second-order valence-electron chi connectivity index (χ2n) is 32.0. The minimum atomic E-state index is -4.06. The van der Waals surface area contributed by atoms with Gasteiger partial charge in [-0.25, -0.2) is 39.7 Å². The number of halogens is 7. The Balaban J connectivity index is 0.000000115. The summed E-state index contributed by atoms with van der Waals surface area (Å²) in [5.74, 6) is -0.497. The van der Waals surface area contributed by atoms with Gasteiger partial charge in [0.05, 0.1) is 21.0 Å². The number of fused-ring (bicyclic) bond motifs is 6. The zero-order valence-electron chi connectivity index (χ0n) is 67.3. The summed E-state index contributed by atoms with van der Waals surface area (Å²) in [5.41, 5.74) is 6.73. The molecule has 0 saturated carbocycles. The molecule has 0 bridgehead atoms. The second-order valence-corrected chi connectivity index (χ2v) is 40.1. The van der Waals surface area contributed by atoms with Crippen molar-refractivity contribution >= 4 is 115 Å². The number of para-hydroxylation sites is 3. The van der Waals surface area contributed by atoms with E-state index < -0.39 is 38.9 Å². The molecule has 9 aromatic heterocycles. The van der Waals surface area contributed by atoms with Crippen LogP contribution in [0, 0.1) is 13.8 Å². The Morgan fingerprint density at radius 1 is 0.439 bits per heavy atom. The number of pyridine rings is 3. The van der Waals surface area contributed by atoms with Crippen LogP contribution in [0.15, 0.2) is 209 Å². The van der Waals surface area contributed by atoms with Gasteiger partial charge in [0.25, 0.3) is 20.0 Å². The average molecular weight is 1830 g/mol. The maximum Gasteiger partial charge on any atom is 0.586 e. The normalized spacial score (nSPS) is 17.8. The molecule has 7 aliphatic heterocycles. The van der Waals surface area contributed by atoms with Crippen molar-refractivity contribution in [2.24, 2.45) is 0 Å². The van der Waals surface area contributed by atoms with Crippen LogP contribution in [0.2, 0.25) is 0 Å². The quantitative estimate of drug-likeness (QED) is 0.0703. The van der Waals surface area contributed by atoms with Gasteiger partial charge in [0.15, 0.2) is 45.8 Å². The number of nitrogens with zero attached hydrogens (tertiary/aromatic N) is 8. The first-order chi connectivity index (χ1) is 58.8. The third-order valence-electron chi connectivity index (χ3n) is 22.8. The number of aryl methyl sites for hydroxylation is 2. The van der Waals surface area contributed by atoms with E-state index in [2.05, 4.69) is 123 Å². The molecule has 1 N–H and O–H groups in total. The van der Waals surface area contributed by atoms with Crippen LogP contribution in [0.3, 0.4) is 0 Å². The van der Waals surface area contributed by atoms with E-state index in [0.29, 0.717) is 37.6 Å². The maximum atomic E-state index is 14.1. The lowest BCUT2D eigenvalue weighted by Gasteiger charge is -2.32. The number of nitrogens with one attached hydrogen (secondary N) is 1. The van der Waals surface area contributed by atoms with Crippen LogP contribution in [0.4, 0.5) is 26.3 Å². The van der Waals surface area contributed by atoms with Gasteiger partial charge in [0.2, 0.25) is 0 Å². The monoisotopic (exact) mass is 1830 g/mol. The first-order valence-corrected chi connectivity index (χ1v) is 46.2. The van der Waals surface area contributed by atoms with Crippen LogP contribution >= 0.6 is 49.9 Å². The molecule has 0 atom stereocenters. The van der Waals surface area contributed by atoms with Crippen LogP contribution in [-0.2, 0) is 49.0 Å². The van der Waals surface area contributed by atoms with E-state index in [1.54, 1.807) is 95.7 Å². The topological polar surface area (TPSA) is 216 Å². The fraction of sp³-hybridized carbons (Fsp3) is 0.292. The molecule has 0 aliphatic carbocycles. The van der Waals surface area contributed by atoms with Crippen molar-refractivity contribution in [2.45, 2.75) is 140 Å². The minimum absolute atomic E-state index is 0.0331. The highest BCUT2D eigenvalue weighted by Gasteiger charge is 2.53. The van der Waals surface area contributed by atoms with Crippen LogP contribution in [0.25, 0.3) is 87.4 Å². The van der Waals surface area contributed by atoms with Crippen molar-refractivity contribution < 1.29 is 80.9 Å². The van der Waals surface area contributed by atoms with Gasteiger partial charge in [-0.3, -0.25) is 14.7 Å². The summed E-state index contributed by atoms with van der Waals surface area (Å²) in [7, 11) is -8.27. The summed E-state index contributed by atoms with van der Waals surface area (Å²) in [5, 5.41) is 1.77. The number of H-pyrrole nitrogens is 1. The van der Waals surface area contributed by atoms with E-state index in [9.17, 15) is 43.2 Å². The van der Waals surface area contributed by atoms with Gasteiger partial charge in [0, 0.05) is 151 Å². The van der Waals surface area contributed by atoms with Gasteiger partial charge < -0.3 is 42.7 Å². The summed E-state index contributed by atoms with van der Waals surface area (Å²) in [4.78, 5) is 30.3. The van der Waals surface area contributed by atoms with Gasteiger partial charge in [-0.2, -0.15) is 0 Å². The van der Waals surface area contributed by atoms with Crippen LogP contribution in [-0.4, -0.2) is 136 Å². The van der Waals surface area contributed by atoms with Crippen molar-refractivity contribution in [3.05, 3.63) is 225 Å². The van der Waals surface area contributed by atoms with Crippen molar-refractivity contribution in [1.82, 2.24) is 42.6 Å². The molecule has 123 heavy (non-hydrogen) atoms. The highest BCUT2D eigenvalue weighted by Crippen LogP contribution is 2.53. The van der Waals surface area contributed by atoms with Crippen LogP contribution in [0.5, 0.6) is 34.5 Å². The molecule has 7 aliphatic rings. The Kier molecular flexibility index (Phi) is 22.3. The summed E-state index contributed by atoms with van der Waals surface area (Å²) in [6.07, 6.45) is 5.90. The molecule has 21 rings (SSSR count). The lowest BCUT2D eigenvalue weighted by Crippen LogP contribution is -2.41. The lowest BCUT2D eigenvalue weighted by atomic mass is 9.88. The minimum Gasteiger partial charge on any atom is -0.399 e. The molecular formula is C89H81BBrF6N9O12S5. The standard InChI is InChI=1S/C30H25F2N3O4S2.C23H19F2N3O2S.C21H13BrF2N2O4S.C15H24BNO2S/c1-19-7-10-22(11-8-19)41(36,37)35-18-25(23-5-4-6-26-28(23)39-30(31,32)38-26)24-15-20(16-33-29(24)35)27-12-9-21(40-27)17-34-13-2-3-14-34;24-23(25)29-19-5-3-4-16(21(19)30-23)18-12-27-22-17(18)10-14(11-26-22)20-7-6-15(31-20)13-28-8-1-2-9-28;1-12-5-7-14(8-6-12)31(27,28)26-11-17(16-9-13(22)10-25-20(16)26)15-3-2-4-18-19(15)30-21(23,24)29-18;1-14(2)15(3,4)19-16(18-14)13-8-7-12(20-13)11-17-9-5-6-10-17/h4-12,15-16,18H,2-3,13-14,17H2,1H3;3-7,10-12H,1-2,8-9,13H2,(H,26,27);2-11H,1H3;7-8H,5-6,9-11H2,1-4H3. The molecule has 4 saturated heterocycles. The number of hydrogen-bond donors (Lipinski definition) is 1. The number of ether oxygens (including phenoxy) is 6. The van der Waals surface area contributed by atoms with Crippen molar-refractivity contribution in [1.29, 1.82) is 0 Å². The number of hydrogen-bond acceptors (Lipinski definition) is 21. The summed E-state index contributed by atoms with van der Waals surface area (Å²) in [6, 6.07) is 45.3. The van der Waals surface area contributed by atoms with Crippen LogP contribution < -0.4 is 33.2 Å². The SMILES string of the molecule is CC1(C)OB(c2ccc(CN3CCCC3)s2)OC1(C)C.Cc1ccc(S(=O)(=O)n2cc(-c3cccc4c3OC(F)(F)O4)c3cc(-c4ccc(CN5CCCC5)s4)cnc32)cc1.Cc1ccc(S(=O)(=O)n2cc(-c3cccc4c3OC(F)(F)O4)c3cc(Br)cnc32)cc1.FC1(F)Oc2cccc(-c3c[nH]c4ncc(-c5ccc(CN6CCCC6)s5)cc34)c2O1. The van der Waals surface area contributed by atoms with E-state index >= 15 is 0 Å². The molecule has 0 spiro atoms. The fourth-order valence-corrected chi connectivity index (χ4v) is 22.0. The Labute approximate surface area is 726 Å². The molecule has 21 nitrogen and oxygen atoms in total. The van der Waals surface area contributed by atoms with Gasteiger partial charge in [-0.1, -0.05) is 77.9 Å². The predicted molar refractivity (Wildman–Crippen MR) is 466 cm³/mol. The highest BCUT2D eigenvalue weighted by molar-refractivity contribution is 9.10. The smallest absolute Gasteiger partial charge is 0.399 e. The molecule has 16 heterocycles. The van der Waals surface area contributed by atoms with Gasteiger partial charge in [-0.15, -0.1) is 60.4 Å². The number of rotatable bonds is 16. The van der Waals surface area contributed by atoms with Crippen molar-refractivity contribution in [2.75, 3.05) is 39.3 Å². The Morgan fingerprint density at radius 3 is 1.26 bits per heavy atom. The van der Waals surface area contributed by atoms with E-state index in [1.165, 1.54) is 151 Å². The van der Waals surface area contributed by atoms with Crippen LogP contribution in [0.1, 0.15) is 92.0 Å². The first-order valence-electron chi connectivity index (χ1n) is 40.0. The van der Waals surface area contributed by atoms with E-state index in [1.807, 2.05) is 49.6 Å². The molecule has 636 valence electrons. The lowest BCUT2D eigenvalue weighted by molar-refractivity contribution is -0.287. The third-order valence-corrected chi connectivity index (χ3v) is 29.9. The predicted octanol–water partition coefficient (Wildman–Crippen LogP) is 20.7. The highest BCUT2D eigenvalue weighted by atomic mass is 79.9. The molecular weight excluding hydrogens is 1750 g/mol. The Morgan fingerprint density at radius 2 is 0.821 bits per heavy atom. The molecule has 14 aromatic rings. The Hall–Kier alpha value is -10.1. The molecule has 5 aromatic carbocycles. The second kappa shape index (κ2) is 32.8. The van der Waals surface area contributed by atoms with Crippen molar-refractivity contribution in [3.63, 3.8) is 0 Å². The summed E-state index contributed by atoms with van der Waals surface area (Å²) in [6.45, 7) is 22.1. The summed E-state index contributed by atoms with van der Waals surface area (Å²) >= 11 is 8.59. The molecule has 0 unspecified atom stereocenters. The number of likely N-dealkylation sites (tertiary alicyclic amines) is 3. The number of aromatic nitrogens is 6. The molecule has 34 heteroatoms. The van der Waals surface area contributed by atoms with Gasteiger partial charge in [0.1, 0.15) is 5.65 Å². The van der Waals surface area contributed by atoms with E-state index in [0.717, 1.165) is 83.6 Å². The molecule has 4 fully saturated rings. The van der Waals surface area contributed by atoms with Gasteiger partial charge >= 0.3 is 26.0 Å². The first kappa shape index (κ1) is 83.8.